The first kappa shape index (κ1) is 11.0. The van der Waals surface area contributed by atoms with Crippen LogP contribution in [0, 0.1) is 11.1 Å². The van der Waals surface area contributed by atoms with Crippen LogP contribution >= 0.6 is 30.6 Å². The van der Waals surface area contributed by atoms with Gasteiger partial charge in [-0.3, -0.25) is 0 Å². The van der Waals surface area contributed by atoms with Crippen molar-refractivity contribution < 1.29 is 0 Å². The maximum Gasteiger partial charge on any atom is 0.202 e. The number of halogens is 2. The minimum absolute atomic E-state index is 1.31. The Morgan fingerprint density at radius 2 is 1.00 bits per heavy atom. The highest BCUT2D eigenvalue weighted by Crippen LogP contribution is 2.12. The Labute approximate surface area is 81.0 Å². The molecule has 0 heterocycles. The molecule has 0 bridgehead atoms. The van der Waals surface area contributed by atoms with Crippen molar-refractivity contribution in [1.29, 1.82) is 0 Å². The van der Waals surface area contributed by atoms with Crippen LogP contribution in [0.4, 0.5) is 0 Å². The van der Waals surface area contributed by atoms with Crippen molar-refractivity contribution in [2.75, 3.05) is 0 Å². The Hall–Kier alpha value is 0.954. The lowest BCUT2D eigenvalue weighted by molar-refractivity contribution is 1.99. The lowest BCUT2D eigenvalue weighted by atomic mass is 11.4. The Balaban J connectivity index is 4.19. The Morgan fingerprint density at radius 3 is 1.10 bits per heavy atom. The molecule has 0 N–H and O–H groups in total. The lowest BCUT2D eigenvalue weighted by Crippen LogP contribution is -2.17. The first-order chi connectivity index (χ1) is 4.21. The van der Waals surface area contributed by atoms with Gasteiger partial charge in [0.2, 0.25) is 13.4 Å². The molecule has 0 spiro atoms. The van der Waals surface area contributed by atoms with Gasteiger partial charge in [0.25, 0.3) is 0 Å². The summed E-state index contributed by atoms with van der Waals surface area (Å²) in [6.07, 6.45) is 0. The molecule has 0 atom stereocenters. The van der Waals surface area contributed by atoms with Crippen LogP contribution in [0.15, 0.2) is 0 Å². The minimum atomic E-state index is -1.31. The minimum Gasteiger partial charge on any atom is -0.124 e. The topological polar surface area (TPSA) is 0 Å². The smallest absolute Gasteiger partial charge is 0.124 e. The molecule has 0 saturated carbocycles. The third-order valence-corrected chi connectivity index (χ3v) is 3.54. The van der Waals surface area contributed by atoms with Crippen LogP contribution in [0.2, 0.25) is 26.2 Å². The van der Waals surface area contributed by atoms with E-state index in [0.29, 0.717) is 0 Å². The van der Waals surface area contributed by atoms with E-state index in [1.54, 1.807) is 0 Å². The molecule has 58 valence electrons. The first-order valence-electron chi connectivity index (χ1n) is 3.13. The zero-order chi connectivity index (χ0) is 8.41. The van der Waals surface area contributed by atoms with Crippen molar-refractivity contribution in [1.82, 2.24) is 0 Å². The van der Waals surface area contributed by atoms with E-state index < -0.39 is 13.4 Å². The van der Waals surface area contributed by atoms with E-state index in [2.05, 4.69) is 67.9 Å². The molecule has 0 aliphatic rings. The van der Waals surface area contributed by atoms with E-state index in [0.717, 1.165) is 0 Å². The molecule has 0 amide bonds. The zero-order valence-corrected chi connectivity index (χ0v) is 11.9. The fourth-order valence-electron chi connectivity index (χ4n) is 0.297. The summed E-state index contributed by atoms with van der Waals surface area (Å²) in [5, 5.41) is 0. The molecule has 0 saturated heterocycles. The summed E-state index contributed by atoms with van der Waals surface area (Å²) in [7, 11) is 0. The highest BCUT2D eigenvalue weighted by Gasteiger charge is 2.15. The predicted molar refractivity (Wildman–Crippen MR) is 60.6 cm³/mol. The number of hydrogen-bond acceptors (Lipinski definition) is 0. The zero-order valence-electron chi connectivity index (χ0n) is 6.76. The monoisotopic (exact) mass is 298 g/mol. The molecule has 0 rings (SSSR count). The van der Waals surface area contributed by atoms with Gasteiger partial charge in [0.1, 0.15) is 0 Å². The second-order valence-corrected chi connectivity index (χ2v) is 21.5. The van der Waals surface area contributed by atoms with E-state index >= 15 is 0 Å². The van der Waals surface area contributed by atoms with Crippen LogP contribution in [0.25, 0.3) is 0 Å². The van der Waals surface area contributed by atoms with Crippen LogP contribution in [0.5, 0.6) is 0 Å². The van der Waals surface area contributed by atoms with Crippen LogP contribution in [-0.2, 0) is 0 Å². The van der Waals surface area contributed by atoms with Gasteiger partial charge < -0.3 is 0 Å². The summed E-state index contributed by atoms with van der Waals surface area (Å²) in [5.41, 5.74) is 6.56. The van der Waals surface area contributed by atoms with Crippen molar-refractivity contribution in [2.45, 2.75) is 26.2 Å². The molecule has 0 aromatic rings. The molecular formula is C6H12Br2Si2. The quantitative estimate of drug-likeness (QED) is 0.366. The molecule has 0 fully saturated rings. The average Bonchev–Trinajstić information content (AvgIpc) is 1.57. The van der Waals surface area contributed by atoms with Gasteiger partial charge in [-0.05, 0) is 26.2 Å². The Morgan fingerprint density at radius 1 is 0.800 bits per heavy atom. The summed E-state index contributed by atoms with van der Waals surface area (Å²) in [6, 6.07) is 0. The van der Waals surface area contributed by atoms with Crippen molar-refractivity contribution in [2.24, 2.45) is 0 Å². The largest absolute Gasteiger partial charge is 0.202 e. The Bertz CT molecular complexity index is 147. The standard InChI is InChI=1S/C6H12Br2Si2/c1-9(2,7)5-6-10(3,4)8/h1-4H3. The van der Waals surface area contributed by atoms with Crippen LogP contribution in [0.1, 0.15) is 0 Å². The van der Waals surface area contributed by atoms with Gasteiger partial charge in [-0.2, -0.15) is 0 Å². The molecule has 0 unspecified atom stereocenters. The number of rotatable bonds is 0. The van der Waals surface area contributed by atoms with E-state index in [4.69, 9.17) is 0 Å². The van der Waals surface area contributed by atoms with E-state index in [-0.39, 0.29) is 0 Å². The van der Waals surface area contributed by atoms with Gasteiger partial charge in [-0.15, -0.1) is 41.7 Å². The van der Waals surface area contributed by atoms with Crippen LogP contribution in [0.3, 0.4) is 0 Å². The molecule has 0 nitrogen and oxygen atoms in total. The summed E-state index contributed by atoms with van der Waals surface area (Å²) in [5.74, 6) is 0. The van der Waals surface area contributed by atoms with Gasteiger partial charge >= 0.3 is 0 Å². The third kappa shape index (κ3) is 8.95. The lowest BCUT2D eigenvalue weighted by Gasteiger charge is -2.05. The average molecular weight is 300 g/mol. The molecular weight excluding hydrogens is 288 g/mol. The van der Waals surface area contributed by atoms with Crippen molar-refractivity contribution in [3.8, 4) is 11.1 Å². The maximum absolute atomic E-state index is 3.60. The molecule has 0 aromatic carbocycles. The predicted octanol–water partition coefficient (Wildman–Crippen LogP) is 3.27. The van der Waals surface area contributed by atoms with E-state index in [9.17, 15) is 0 Å². The van der Waals surface area contributed by atoms with E-state index in [1.807, 2.05) is 0 Å². The highest BCUT2D eigenvalue weighted by atomic mass is 79.9. The Kier molecular flexibility index (Phi) is 3.91. The van der Waals surface area contributed by atoms with Crippen molar-refractivity contribution in [3.05, 3.63) is 0 Å². The summed E-state index contributed by atoms with van der Waals surface area (Å²) in [4.78, 5) is 0. The molecule has 0 aromatic heterocycles. The third-order valence-electron chi connectivity index (χ3n) is 0.657. The van der Waals surface area contributed by atoms with Gasteiger partial charge in [-0.1, -0.05) is 0 Å². The van der Waals surface area contributed by atoms with Crippen LogP contribution < -0.4 is 0 Å². The van der Waals surface area contributed by atoms with Crippen LogP contribution in [-0.4, -0.2) is 13.4 Å². The van der Waals surface area contributed by atoms with Gasteiger partial charge in [0.05, 0.1) is 0 Å². The van der Waals surface area contributed by atoms with Gasteiger partial charge in [0, 0.05) is 0 Å². The molecule has 10 heavy (non-hydrogen) atoms. The summed E-state index contributed by atoms with van der Waals surface area (Å²) >= 11 is 7.20. The SMILES string of the molecule is C[Si](C)(Br)C#C[Si](C)(C)Br. The fraction of sp³-hybridized carbons (Fsp3) is 0.667. The second kappa shape index (κ2) is 3.57. The van der Waals surface area contributed by atoms with Gasteiger partial charge in [0.15, 0.2) is 0 Å². The van der Waals surface area contributed by atoms with Crippen molar-refractivity contribution in [3.63, 3.8) is 0 Å². The van der Waals surface area contributed by atoms with Crippen molar-refractivity contribution >= 4 is 44.0 Å². The summed E-state index contributed by atoms with van der Waals surface area (Å²) in [6.45, 7) is 6.13. The molecule has 0 aliphatic carbocycles. The summed E-state index contributed by atoms with van der Waals surface area (Å²) < 4.78 is 0. The van der Waals surface area contributed by atoms with Gasteiger partial charge in [-0.25, -0.2) is 0 Å². The molecule has 4 heteroatoms. The van der Waals surface area contributed by atoms with E-state index in [1.165, 1.54) is 0 Å². The number of hydrogen-bond donors (Lipinski definition) is 0. The first-order valence-corrected chi connectivity index (χ1v) is 13.6. The second-order valence-electron chi connectivity index (χ2n) is 3.19. The molecule has 0 aliphatic heterocycles. The molecule has 0 radical (unpaired) electrons. The fourth-order valence-corrected chi connectivity index (χ4v) is 4.46. The normalized spacial score (nSPS) is 12.2. The highest BCUT2D eigenvalue weighted by molar-refractivity contribution is 9.26. The maximum atomic E-state index is 3.60.